The summed E-state index contributed by atoms with van der Waals surface area (Å²) in [5, 5.41) is 3.42. The maximum atomic E-state index is 3.42. The summed E-state index contributed by atoms with van der Waals surface area (Å²) in [6.07, 6.45) is 1.32. The molecule has 2 saturated heterocycles. The molecule has 104 valence electrons. The van der Waals surface area contributed by atoms with E-state index in [0.29, 0.717) is 0 Å². The topological polar surface area (TPSA) is 18.5 Å². The minimum Gasteiger partial charge on any atom is -0.314 e. The molecule has 0 aliphatic carbocycles. The number of nitrogens with zero attached hydrogens (tertiary/aromatic N) is 2. The van der Waals surface area contributed by atoms with Crippen LogP contribution in [-0.2, 0) is 0 Å². The van der Waals surface area contributed by atoms with Crippen molar-refractivity contribution in [2.24, 2.45) is 0 Å². The fourth-order valence-corrected chi connectivity index (χ4v) is 3.25. The minimum absolute atomic E-state index is 0.754. The van der Waals surface area contributed by atoms with Gasteiger partial charge in [-0.05, 0) is 24.4 Å². The molecule has 3 rings (SSSR count). The van der Waals surface area contributed by atoms with Gasteiger partial charge in [0, 0.05) is 45.8 Å². The Hall–Kier alpha value is -0.900. The largest absolute Gasteiger partial charge is 0.314 e. The second-order valence-electron chi connectivity index (χ2n) is 5.79. The lowest BCUT2D eigenvalue weighted by atomic mass is 9.99. The molecular weight excluding hydrogens is 234 g/mol. The van der Waals surface area contributed by atoms with Gasteiger partial charge in [-0.1, -0.05) is 30.3 Å². The van der Waals surface area contributed by atoms with Gasteiger partial charge >= 0.3 is 0 Å². The van der Waals surface area contributed by atoms with Gasteiger partial charge in [0.1, 0.15) is 0 Å². The number of benzene rings is 1. The zero-order chi connectivity index (χ0) is 12.9. The second-order valence-corrected chi connectivity index (χ2v) is 5.79. The number of nitrogens with one attached hydrogen (secondary N) is 1. The van der Waals surface area contributed by atoms with Crippen molar-refractivity contribution < 1.29 is 0 Å². The molecule has 0 radical (unpaired) electrons. The molecule has 2 aliphatic rings. The Morgan fingerprint density at radius 2 is 1.68 bits per heavy atom. The van der Waals surface area contributed by atoms with Gasteiger partial charge in [0.05, 0.1) is 0 Å². The van der Waals surface area contributed by atoms with Gasteiger partial charge in [0.25, 0.3) is 0 Å². The Morgan fingerprint density at radius 3 is 2.47 bits per heavy atom. The van der Waals surface area contributed by atoms with E-state index < -0.39 is 0 Å². The predicted octanol–water partition coefficient (Wildman–Crippen LogP) is 1.38. The molecule has 1 N–H and O–H groups in total. The highest BCUT2D eigenvalue weighted by atomic mass is 15.2. The van der Waals surface area contributed by atoms with Crippen LogP contribution in [0.15, 0.2) is 30.3 Å². The molecule has 1 aromatic carbocycles. The lowest BCUT2D eigenvalue weighted by molar-refractivity contribution is 0.204. The molecular formula is C16H25N3. The fraction of sp³-hybridized carbons (Fsp3) is 0.625. The average molecular weight is 259 g/mol. The van der Waals surface area contributed by atoms with E-state index in [2.05, 4.69) is 45.4 Å². The average Bonchev–Trinajstić information content (AvgIpc) is 2.96. The van der Waals surface area contributed by atoms with Crippen LogP contribution in [0.25, 0.3) is 0 Å². The van der Waals surface area contributed by atoms with Crippen molar-refractivity contribution in [3.05, 3.63) is 35.9 Å². The van der Waals surface area contributed by atoms with Gasteiger partial charge in [0.15, 0.2) is 0 Å². The predicted molar refractivity (Wildman–Crippen MR) is 79.5 cm³/mol. The van der Waals surface area contributed by atoms with Crippen LogP contribution in [0.3, 0.4) is 0 Å². The Morgan fingerprint density at radius 1 is 0.947 bits per heavy atom. The number of hydrogen-bond acceptors (Lipinski definition) is 3. The summed E-state index contributed by atoms with van der Waals surface area (Å²) < 4.78 is 0. The summed E-state index contributed by atoms with van der Waals surface area (Å²) in [6, 6.07) is 11.0. The van der Waals surface area contributed by atoms with Crippen LogP contribution in [-0.4, -0.2) is 62.2 Å². The van der Waals surface area contributed by atoms with Gasteiger partial charge in [0.2, 0.25) is 0 Å². The van der Waals surface area contributed by atoms with Crippen LogP contribution in [0.2, 0.25) is 0 Å². The van der Waals surface area contributed by atoms with Crippen LogP contribution < -0.4 is 5.32 Å². The van der Waals surface area contributed by atoms with Crippen molar-refractivity contribution in [3.8, 4) is 0 Å². The van der Waals surface area contributed by atoms with Crippen molar-refractivity contribution in [3.63, 3.8) is 0 Å². The van der Waals surface area contributed by atoms with E-state index in [-0.39, 0.29) is 0 Å². The van der Waals surface area contributed by atoms with Crippen molar-refractivity contribution in [2.45, 2.75) is 12.3 Å². The lowest BCUT2D eigenvalue weighted by Gasteiger charge is -2.29. The molecule has 0 aromatic heterocycles. The van der Waals surface area contributed by atoms with Gasteiger partial charge in [-0.3, -0.25) is 4.90 Å². The Bertz CT molecular complexity index is 373. The van der Waals surface area contributed by atoms with Crippen molar-refractivity contribution in [1.82, 2.24) is 15.1 Å². The molecule has 3 heteroatoms. The molecule has 19 heavy (non-hydrogen) atoms. The maximum Gasteiger partial charge on any atom is 0.0110 e. The molecule has 2 aliphatic heterocycles. The van der Waals surface area contributed by atoms with Crippen molar-refractivity contribution in [2.75, 3.05) is 52.4 Å². The first-order chi connectivity index (χ1) is 9.42. The maximum absolute atomic E-state index is 3.42. The molecule has 2 heterocycles. The van der Waals surface area contributed by atoms with Crippen molar-refractivity contribution in [1.29, 1.82) is 0 Å². The molecule has 0 spiro atoms. The first-order valence-electron chi connectivity index (χ1n) is 7.62. The summed E-state index contributed by atoms with van der Waals surface area (Å²) in [7, 11) is 0. The number of hydrogen-bond donors (Lipinski definition) is 1. The van der Waals surface area contributed by atoms with Gasteiger partial charge < -0.3 is 10.2 Å². The smallest absolute Gasteiger partial charge is 0.0110 e. The van der Waals surface area contributed by atoms with Gasteiger partial charge in [-0.2, -0.15) is 0 Å². The van der Waals surface area contributed by atoms with Gasteiger partial charge in [-0.15, -0.1) is 0 Å². The summed E-state index contributed by atoms with van der Waals surface area (Å²) in [4.78, 5) is 5.23. The van der Waals surface area contributed by atoms with E-state index in [9.17, 15) is 0 Å². The monoisotopic (exact) mass is 259 g/mol. The Kier molecular flexibility index (Phi) is 4.49. The minimum atomic E-state index is 0.754. The summed E-state index contributed by atoms with van der Waals surface area (Å²) in [5.41, 5.74) is 1.52. The van der Waals surface area contributed by atoms with Gasteiger partial charge in [-0.25, -0.2) is 0 Å². The second kappa shape index (κ2) is 6.51. The molecule has 0 amide bonds. The number of likely N-dealkylation sites (tertiary alicyclic amines) is 1. The molecule has 0 bridgehead atoms. The quantitative estimate of drug-likeness (QED) is 0.881. The normalized spacial score (nSPS) is 25.8. The summed E-state index contributed by atoms with van der Waals surface area (Å²) in [6.45, 7) is 9.75. The first-order valence-corrected chi connectivity index (χ1v) is 7.62. The highest BCUT2D eigenvalue weighted by molar-refractivity contribution is 5.20. The molecule has 1 unspecified atom stereocenters. The summed E-state index contributed by atoms with van der Waals surface area (Å²) >= 11 is 0. The molecule has 3 nitrogen and oxygen atoms in total. The standard InChI is InChI=1S/C16H25N3/c1-2-4-15(5-3-1)16-6-9-19(14-16)13-12-18-10-7-17-8-11-18/h1-5,16-17H,6-14H2. The van der Waals surface area contributed by atoms with E-state index in [1.165, 1.54) is 51.3 Å². The van der Waals surface area contributed by atoms with Crippen LogP contribution in [0.5, 0.6) is 0 Å². The van der Waals surface area contributed by atoms with E-state index in [4.69, 9.17) is 0 Å². The third kappa shape index (κ3) is 3.56. The lowest BCUT2D eigenvalue weighted by Crippen LogP contribution is -2.46. The third-order valence-corrected chi connectivity index (χ3v) is 4.49. The van der Waals surface area contributed by atoms with Crippen LogP contribution in [0, 0.1) is 0 Å². The van der Waals surface area contributed by atoms with Crippen LogP contribution >= 0.6 is 0 Å². The Labute approximate surface area is 116 Å². The zero-order valence-corrected chi connectivity index (χ0v) is 11.7. The van der Waals surface area contributed by atoms with Crippen molar-refractivity contribution >= 4 is 0 Å². The molecule has 1 aromatic rings. The Balaban J connectivity index is 1.44. The van der Waals surface area contributed by atoms with Crippen LogP contribution in [0.1, 0.15) is 17.9 Å². The third-order valence-electron chi connectivity index (χ3n) is 4.49. The highest BCUT2D eigenvalue weighted by Gasteiger charge is 2.23. The molecule has 1 atom stereocenters. The van der Waals surface area contributed by atoms with Crippen LogP contribution in [0.4, 0.5) is 0 Å². The highest BCUT2D eigenvalue weighted by Crippen LogP contribution is 2.26. The van der Waals surface area contributed by atoms with E-state index in [1.54, 1.807) is 0 Å². The summed E-state index contributed by atoms with van der Waals surface area (Å²) in [5.74, 6) is 0.754. The van der Waals surface area contributed by atoms with E-state index in [1.807, 2.05) is 0 Å². The zero-order valence-electron chi connectivity index (χ0n) is 11.7. The number of piperazine rings is 1. The van der Waals surface area contributed by atoms with E-state index in [0.717, 1.165) is 19.0 Å². The SMILES string of the molecule is c1ccc(C2CCN(CCN3CCNCC3)C2)cc1. The molecule has 2 fully saturated rings. The fourth-order valence-electron chi connectivity index (χ4n) is 3.25. The molecule has 0 saturated carbocycles. The first kappa shape index (κ1) is 13.1. The number of rotatable bonds is 4. The van der Waals surface area contributed by atoms with E-state index >= 15 is 0 Å².